The molecule has 1 aliphatic carbocycles. The van der Waals surface area contributed by atoms with Crippen LogP contribution in [0, 0.1) is 5.92 Å². The first-order valence-corrected chi connectivity index (χ1v) is 10.6. The van der Waals surface area contributed by atoms with E-state index >= 15 is 0 Å². The highest BCUT2D eigenvalue weighted by molar-refractivity contribution is 7.99. The van der Waals surface area contributed by atoms with Gasteiger partial charge in [-0.1, -0.05) is 61.5 Å². The van der Waals surface area contributed by atoms with Crippen LogP contribution in [0.15, 0.2) is 53.4 Å². The van der Waals surface area contributed by atoms with E-state index in [1.807, 2.05) is 12.1 Å². The first kappa shape index (κ1) is 19.4. The van der Waals surface area contributed by atoms with Gasteiger partial charge in [-0.05, 0) is 79.2 Å². The predicted molar refractivity (Wildman–Crippen MR) is 107 cm³/mol. The number of thioether (sulfide) groups is 1. The molecule has 0 heterocycles. The number of halogens is 2. The van der Waals surface area contributed by atoms with Gasteiger partial charge in [0.15, 0.2) is 0 Å². The van der Waals surface area contributed by atoms with E-state index in [4.69, 9.17) is 0 Å². The van der Waals surface area contributed by atoms with Crippen LogP contribution in [0.1, 0.15) is 61.6 Å². The molecule has 26 heavy (non-hydrogen) atoms. The third-order valence-corrected chi connectivity index (χ3v) is 6.45. The SMILES string of the molecule is CCC1CCC(c2ccc(CCc3ccc(SC(F)F)cc3)cc2)CC1. The van der Waals surface area contributed by atoms with Crippen molar-refractivity contribution in [3.8, 4) is 0 Å². The minimum atomic E-state index is -2.35. The fourth-order valence-electron chi connectivity index (χ4n) is 3.99. The summed E-state index contributed by atoms with van der Waals surface area (Å²) in [5, 5.41) is 0. The standard InChI is InChI=1S/C23H28F2S/c1-2-17-5-11-20(12-6-17)21-13-7-18(8-14-21)3-4-19-9-15-22(16-10-19)26-23(24)25/h7-10,13-17,20,23H,2-6,11-12H2,1H3. The lowest BCUT2D eigenvalue weighted by Crippen LogP contribution is -2.12. The van der Waals surface area contributed by atoms with Crippen molar-refractivity contribution in [2.75, 3.05) is 0 Å². The molecule has 3 heteroatoms. The third kappa shape index (κ3) is 5.57. The summed E-state index contributed by atoms with van der Waals surface area (Å²) in [4.78, 5) is 0.630. The van der Waals surface area contributed by atoms with Gasteiger partial charge in [0.2, 0.25) is 0 Å². The van der Waals surface area contributed by atoms with Crippen LogP contribution < -0.4 is 0 Å². The second kappa shape index (κ2) is 9.55. The molecule has 0 N–H and O–H groups in total. The third-order valence-electron chi connectivity index (χ3n) is 5.73. The average Bonchev–Trinajstić information content (AvgIpc) is 2.67. The van der Waals surface area contributed by atoms with Gasteiger partial charge in [-0.15, -0.1) is 0 Å². The van der Waals surface area contributed by atoms with Gasteiger partial charge >= 0.3 is 0 Å². The maximum absolute atomic E-state index is 12.4. The van der Waals surface area contributed by atoms with Gasteiger partial charge < -0.3 is 0 Å². The summed E-state index contributed by atoms with van der Waals surface area (Å²) in [7, 11) is 0. The van der Waals surface area contributed by atoms with Gasteiger partial charge in [0.05, 0.1) is 0 Å². The second-order valence-electron chi connectivity index (χ2n) is 7.39. The molecule has 0 spiro atoms. The molecule has 1 saturated carbocycles. The van der Waals surface area contributed by atoms with Gasteiger partial charge in [-0.2, -0.15) is 8.78 Å². The first-order chi connectivity index (χ1) is 12.6. The number of benzene rings is 2. The molecule has 0 aromatic heterocycles. The zero-order valence-corrected chi connectivity index (χ0v) is 16.3. The minimum absolute atomic E-state index is 0.605. The van der Waals surface area contributed by atoms with Crippen LogP contribution in [0.2, 0.25) is 0 Å². The quantitative estimate of drug-likeness (QED) is 0.453. The Morgan fingerprint density at radius 2 is 1.38 bits per heavy atom. The van der Waals surface area contributed by atoms with Gasteiger partial charge in [0.25, 0.3) is 5.76 Å². The van der Waals surface area contributed by atoms with Crippen molar-refractivity contribution < 1.29 is 8.78 Å². The van der Waals surface area contributed by atoms with E-state index in [0.29, 0.717) is 16.7 Å². The summed E-state index contributed by atoms with van der Waals surface area (Å²) in [5.41, 5.74) is 4.05. The van der Waals surface area contributed by atoms with Crippen molar-refractivity contribution in [2.24, 2.45) is 5.92 Å². The Balaban J connectivity index is 1.50. The van der Waals surface area contributed by atoms with Crippen LogP contribution in [0.4, 0.5) is 8.78 Å². The summed E-state index contributed by atoms with van der Waals surface area (Å²) in [6.07, 6.45) is 8.69. The molecule has 0 bridgehead atoms. The molecule has 2 aromatic rings. The monoisotopic (exact) mass is 374 g/mol. The lowest BCUT2D eigenvalue weighted by molar-refractivity contribution is 0.252. The fourth-order valence-corrected chi connectivity index (χ4v) is 4.49. The van der Waals surface area contributed by atoms with Crippen LogP contribution in [-0.2, 0) is 12.8 Å². The van der Waals surface area contributed by atoms with Gasteiger partial charge in [-0.25, -0.2) is 0 Å². The summed E-state index contributed by atoms with van der Waals surface area (Å²) in [6, 6.07) is 16.7. The largest absolute Gasteiger partial charge is 0.288 e. The Morgan fingerprint density at radius 3 is 1.88 bits per heavy atom. The van der Waals surface area contributed by atoms with E-state index in [-0.39, 0.29) is 0 Å². The summed E-state index contributed by atoms with van der Waals surface area (Å²) < 4.78 is 24.7. The van der Waals surface area contributed by atoms with Gasteiger partial charge in [-0.3, -0.25) is 0 Å². The Kier molecular flexibility index (Phi) is 7.13. The predicted octanol–water partition coefficient (Wildman–Crippen LogP) is 7.47. The van der Waals surface area contributed by atoms with Crippen molar-refractivity contribution in [3.63, 3.8) is 0 Å². The number of hydrogen-bond donors (Lipinski definition) is 0. The molecule has 0 atom stereocenters. The molecule has 1 aliphatic rings. The smallest absolute Gasteiger partial charge is 0.198 e. The van der Waals surface area contributed by atoms with E-state index in [2.05, 4.69) is 31.2 Å². The maximum atomic E-state index is 12.4. The van der Waals surface area contributed by atoms with E-state index in [9.17, 15) is 8.78 Å². The summed E-state index contributed by atoms with van der Waals surface area (Å²) in [5.74, 6) is -0.667. The van der Waals surface area contributed by atoms with Crippen LogP contribution >= 0.6 is 11.8 Å². The molecule has 0 aliphatic heterocycles. The van der Waals surface area contributed by atoms with Crippen LogP contribution in [-0.4, -0.2) is 5.76 Å². The molecule has 3 rings (SSSR count). The topological polar surface area (TPSA) is 0 Å². The number of rotatable bonds is 7. The van der Waals surface area contributed by atoms with Crippen molar-refractivity contribution >= 4 is 11.8 Å². The molecule has 0 radical (unpaired) electrons. The molecule has 0 nitrogen and oxygen atoms in total. The maximum Gasteiger partial charge on any atom is 0.288 e. The Morgan fingerprint density at radius 1 is 0.846 bits per heavy atom. The fraction of sp³-hybridized carbons (Fsp3) is 0.478. The molecular formula is C23H28F2S. The van der Waals surface area contributed by atoms with E-state index in [0.717, 1.165) is 24.7 Å². The highest BCUT2D eigenvalue weighted by Gasteiger charge is 2.21. The van der Waals surface area contributed by atoms with Crippen LogP contribution in [0.3, 0.4) is 0 Å². The van der Waals surface area contributed by atoms with E-state index in [1.165, 1.54) is 48.8 Å². The van der Waals surface area contributed by atoms with Crippen molar-refractivity contribution in [1.82, 2.24) is 0 Å². The summed E-state index contributed by atoms with van der Waals surface area (Å²) in [6.45, 7) is 2.31. The summed E-state index contributed by atoms with van der Waals surface area (Å²) >= 11 is 0.605. The van der Waals surface area contributed by atoms with Crippen molar-refractivity contribution in [3.05, 3.63) is 65.2 Å². The molecule has 0 saturated heterocycles. The molecule has 1 fully saturated rings. The first-order valence-electron chi connectivity index (χ1n) is 9.76. The normalized spacial score (nSPS) is 20.5. The molecule has 2 aromatic carbocycles. The molecule has 0 amide bonds. The average molecular weight is 375 g/mol. The second-order valence-corrected chi connectivity index (χ2v) is 8.45. The number of hydrogen-bond acceptors (Lipinski definition) is 1. The Bertz CT molecular complexity index is 656. The zero-order chi connectivity index (χ0) is 18.4. The lowest BCUT2D eigenvalue weighted by atomic mass is 9.78. The van der Waals surface area contributed by atoms with E-state index < -0.39 is 5.76 Å². The Hall–Kier alpha value is -1.35. The van der Waals surface area contributed by atoms with Crippen molar-refractivity contribution in [2.45, 2.75) is 68.4 Å². The van der Waals surface area contributed by atoms with Gasteiger partial charge in [0.1, 0.15) is 0 Å². The molecule has 140 valence electrons. The molecule has 0 unspecified atom stereocenters. The van der Waals surface area contributed by atoms with Crippen LogP contribution in [0.5, 0.6) is 0 Å². The van der Waals surface area contributed by atoms with Crippen molar-refractivity contribution in [1.29, 1.82) is 0 Å². The highest BCUT2D eigenvalue weighted by atomic mass is 32.2. The minimum Gasteiger partial charge on any atom is -0.198 e. The highest BCUT2D eigenvalue weighted by Crippen LogP contribution is 2.37. The number of aryl methyl sites for hydroxylation is 2. The lowest BCUT2D eigenvalue weighted by Gasteiger charge is -2.28. The zero-order valence-electron chi connectivity index (χ0n) is 15.5. The Labute approximate surface area is 160 Å². The molecular weight excluding hydrogens is 346 g/mol. The van der Waals surface area contributed by atoms with E-state index in [1.54, 1.807) is 12.1 Å². The number of alkyl halides is 2. The van der Waals surface area contributed by atoms with Gasteiger partial charge in [0, 0.05) is 4.90 Å². The van der Waals surface area contributed by atoms with Crippen LogP contribution in [0.25, 0.3) is 0 Å².